The van der Waals surface area contributed by atoms with Crippen molar-refractivity contribution in [2.45, 2.75) is 84.1 Å². The molecule has 5 aromatic rings. The highest BCUT2D eigenvalue weighted by molar-refractivity contribution is 6.33. The Morgan fingerprint density at radius 2 is 1.49 bits per heavy atom. The number of piperazine rings is 1. The average molecular weight is 1120 g/mol. The smallest absolute Gasteiger partial charge is 0.253 e. The topological polar surface area (TPSA) is 213 Å². The maximum Gasteiger partial charge on any atom is 0.253 e. The van der Waals surface area contributed by atoms with Crippen LogP contribution < -0.4 is 41.5 Å². The number of nitrogens with zero attached hydrogens (tertiary/aromatic N) is 5. The Morgan fingerprint density at radius 3 is 2.21 bits per heavy atom. The number of para-hydroxylation sites is 1. The zero-order valence-corrected chi connectivity index (χ0v) is 47.7. The predicted octanol–water partition coefficient (Wildman–Crippen LogP) is 6.81. The van der Waals surface area contributed by atoms with E-state index >= 15 is 0 Å². The molecule has 0 spiro atoms. The maximum absolute atomic E-state index is 14.7. The molecule has 4 atom stereocenters. The molecule has 20 heteroatoms. The minimum absolute atomic E-state index is 0.145. The fraction of sp³-hybridized carbons (Fsp3) is 0.467. The van der Waals surface area contributed by atoms with Crippen LogP contribution >= 0.6 is 11.6 Å². The van der Waals surface area contributed by atoms with E-state index in [1.54, 1.807) is 44.1 Å². The molecule has 6 N–H and O–H groups in total. The van der Waals surface area contributed by atoms with Gasteiger partial charge in [-0.15, -0.1) is 0 Å². The Labute approximate surface area is 475 Å². The SMILES string of the molecule is CNC(=O)c1ccccc1Nc1nc(Nc2ccc(N3CCN(CCOCCOCCOCCOc4ccc5c(c4)CN(C(=O)C(NC(=O)C(C)NC)C(C)(C)C)C(C(=O)N[C@@H]4CCCc6ccccc64)C5)CC3)cc2)ncc1Cl. The number of carbonyl (C=O) groups is 4. The largest absolute Gasteiger partial charge is 0.491 e. The number of ether oxygens (including phenoxy) is 4. The highest BCUT2D eigenvalue weighted by Gasteiger charge is 2.43. The third-order valence-corrected chi connectivity index (χ3v) is 15.1. The Kier molecular flexibility index (Phi) is 21.1. The van der Waals surface area contributed by atoms with Crippen molar-refractivity contribution >= 4 is 64.1 Å². The van der Waals surface area contributed by atoms with Crippen LogP contribution in [0.5, 0.6) is 5.75 Å². The number of carbonyl (C=O) groups excluding carboxylic acids is 4. The molecule has 0 radical (unpaired) electrons. The van der Waals surface area contributed by atoms with Crippen molar-refractivity contribution in [2.75, 3.05) is 109 Å². The number of fused-ring (bicyclic) bond motifs is 2. The Morgan fingerprint density at radius 1 is 0.787 bits per heavy atom. The average Bonchev–Trinajstić information content (AvgIpc) is 3.51. The fourth-order valence-corrected chi connectivity index (χ4v) is 10.3. The van der Waals surface area contributed by atoms with E-state index < -0.39 is 23.5 Å². The third-order valence-electron chi connectivity index (χ3n) is 14.9. The van der Waals surface area contributed by atoms with Gasteiger partial charge in [0.1, 0.15) is 29.5 Å². The first-order chi connectivity index (χ1) is 38.7. The van der Waals surface area contributed by atoms with Gasteiger partial charge in [-0.25, -0.2) is 4.98 Å². The number of nitrogens with one attached hydrogen (secondary N) is 6. The molecule has 0 saturated carbocycles. The van der Waals surface area contributed by atoms with Gasteiger partial charge in [0.15, 0.2) is 5.82 Å². The summed E-state index contributed by atoms with van der Waals surface area (Å²) in [5, 5.41) is 18.7. The summed E-state index contributed by atoms with van der Waals surface area (Å²) in [4.78, 5) is 70.0. The first-order valence-corrected chi connectivity index (χ1v) is 28.2. The minimum atomic E-state index is -0.872. The van der Waals surface area contributed by atoms with E-state index in [9.17, 15) is 19.2 Å². The lowest BCUT2D eigenvalue weighted by atomic mass is 9.83. The van der Waals surface area contributed by atoms with E-state index in [1.807, 2.05) is 69.3 Å². The van der Waals surface area contributed by atoms with Crippen LogP contribution in [0, 0.1) is 5.41 Å². The predicted molar refractivity (Wildman–Crippen MR) is 311 cm³/mol. The van der Waals surface area contributed by atoms with Crippen molar-refractivity contribution < 1.29 is 38.1 Å². The first-order valence-electron chi connectivity index (χ1n) is 27.8. The molecule has 3 unspecified atom stereocenters. The number of aryl methyl sites for hydroxylation is 1. The van der Waals surface area contributed by atoms with Gasteiger partial charge in [-0.2, -0.15) is 4.98 Å². The molecule has 0 bridgehead atoms. The number of rotatable bonds is 25. The van der Waals surface area contributed by atoms with Crippen LogP contribution in [0.4, 0.5) is 28.8 Å². The molecule has 1 aromatic heterocycles. The van der Waals surface area contributed by atoms with Crippen LogP contribution in [0.2, 0.25) is 5.02 Å². The molecule has 8 rings (SSSR count). The third kappa shape index (κ3) is 15.9. The highest BCUT2D eigenvalue weighted by Crippen LogP contribution is 2.34. The summed E-state index contributed by atoms with van der Waals surface area (Å²) < 4.78 is 23.6. The number of halogens is 1. The van der Waals surface area contributed by atoms with Gasteiger partial charge in [-0.1, -0.05) is 74.8 Å². The van der Waals surface area contributed by atoms with Crippen molar-refractivity contribution in [1.82, 2.24) is 41.0 Å². The van der Waals surface area contributed by atoms with Crippen molar-refractivity contribution in [3.8, 4) is 5.75 Å². The zero-order chi connectivity index (χ0) is 56.6. The van der Waals surface area contributed by atoms with Crippen LogP contribution in [0.3, 0.4) is 0 Å². The second-order valence-electron chi connectivity index (χ2n) is 21.4. The van der Waals surface area contributed by atoms with Crippen molar-refractivity contribution in [3.63, 3.8) is 0 Å². The van der Waals surface area contributed by atoms with Gasteiger partial charge in [0.25, 0.3) is 5.91 Å². The van der Waals surface area contributed by atoms with Crippen LogP contribution in [-0.4, -0.2) is 155 Å². The molecule has 1 saturated heterocycles. The summed E-state index contributed by atoms with van der Waals surface area (Å²) >= 11 is 6.42. The molecule has 428 valence electrons. The van der Waals surface area contributed by atoms with E-state index in [0.29, 0.717) is 86.5 Å². The number of anilines is 5. The number of amides is 4. The molecule has 1 aliphatic carbocycles. The molecule has 3 aliphatic rings. The van der Waals surface area contributed by atoms with Crippen LogP contribution in [0.25, 0.3) is 0 Å². The van der Waals surface area contributed by atoms with E-state index in [1.165, 1.54) is 11.8 Å². The summed E-state index contributed by atoms with van der Waals surface area (Å²) in [7, 11) is 3.29. The molecular weight excluding hydrogens is 1040 g/mol. The molecule has 2 aliphatic heterocycles. The van der Waals surface area contributed by atoms with Crippen LogP contribution in [0.15, 0.2) is 97.2 Å². The van der Waals surface area contributed by atoms with E-state index in [4.69, 9.17) is 30.5 Å². The number of hydrogen-bond acceptors (Lipinski definition) is 15. The molecule has 1 fully saturated rings. The number of likely N-dealkylation sites (N-methyl/N-ethyl adjacent to an activating group) is 1. The highest BCUT2D eigenvalue weighted by atomic mass is 35.5. The van der Waals surface area contributed by atoms with Gasteiger partial charge in [0.2, 0.25) is 23.7 Å². The lowest BCUT2D eigenvalue weighted by Crippen LogP contribution is -2.62. The molecule has 4 aromatic carbocycles. The monoisotopic (exact) mass is 1120 g/mol. The number of hydrogen-bond donors (Lipinski definition) is 6. The molecule has 3 heterocycles. The summed E-state index contributed by atoms with van der Waals surface area (Å²) in [6.07, 6.45) is 4.61. The quantitative estimate of drug-likeness (QED) is 0.0331. The molecule has 80 heavy (non-hydrogen) atoms. The van der Waals surface area contributed by atoms with Crippen molar-refractivity contribution in [3.05, 3.63) is 130 Å². The minimum Gasteiger partial charge on any atom is -0.491 e. The molecule has 4 amide bonds. The van der Waals surface area contributed by atoms with Crippen LogP contribution in [0.1, 0.15) is 79.2 Å². The van der Waals surface area contributed by atoms with Crippen molar-refractivity contribution in [2.24, 2.45) is 5.41 Å². The van der Waals surface area contributed by atoms with Crippen LogP contribution in [-0.2, 0) is 48.0 Å². The summed E-state index contributed by atoms with van der Waals surface area (Å²) in [5.41, 5.74) is 6.60. The fourth-order valence-electron chi connectivity index (χ4n) is 10.1. The van der Waals surface area contributed by atoms with Gasteiger partial charge in [0.05, 0.1) is 69.2 Å². The second kappa shape index (κ2) is 28.5. The Hall–Kier alpha value is -6.87. The summed E-state index contributed by atoms with van der Waals surface area (Å²) in [6.45, 7) is 15.3. The Bertz CT molecular complexity index is 2880. The standard InChI is InChI=1S/C60H78ClN11O8/c1-40(62-5)55(73)68-53(60(2,3)4)58(76)72-39-43-36-46(23-18-42(43)37-52(72)57(75)67-50-17-11-13-41-12-7-8-14-47(41)50)80-35-34-79-33-32-78-31-30-77-29-28-70-24-26-71(27-25-70)45-21-19-44(20-22-45)65-59-64-38-49(61)54(69-59)66-51-16-10-9-15-48(51)56(74)63-6/h7-10,12,14-16,18-23,36,38,40,50,52-53,62H,11,13,17,24-35,37,39H2,1-6H3,(H,63,74)(H,67,75)(H,68,73)(H2,64,65,66,69)/t40?,50-,52?,53?/m1/s1. The number of aromatic nitrogens is 2. The van der Waals surface area contributed by atoms with Gasteiger partial charge in [-0.3, -0.25) is 24.1 Å². The lowest BCUT2D eigenvalue weighted by molar-refractivity contribution is -0.147. The van der Waals surface area contributed by atoms with Crippen molar-refractivity contribution in [1.29, 1.82) is 0 Å². The molecular formula is C60H78ClN11O8. The van der Waals surface area contributed by atoms with Gasteiger partial charge in [-0.05, 0) is 109 Å². The van der Waals surface area contributed by atoms with E-state index in [0.717, 1.165) is 80.1 Å². The number of benzene rings is 4. The normalized spacial score (nSPS) is 17.1. The summed E-state index contributed by atoms with van der Waals surface area (Å²) in [6, 6.07) is 27.1. The first kappa shape index (κ1) is 59.3. The maximum atomic E-state index is 14.7. The van der Waals surface area contributed by atoms with E-state index in [2.05, 4.69) is 75.9 Å². The zero-order valence-electron chi connectivity index (χ0n) is 46.9. The Balaban J connectivity index is 0.714. The van der Waals surface area contributed by atoms with Gasteiger partial charge in [0, 0.05) is 64.1 Å². The van der Waals surface area contributed by atoms with Gasteiger partial charge >= 0.3 is 0 Å². The van der Waals surface area contributed by atoms with E-state index in [-0.39, 0.29) is 36.2 Å². The second-order valence-corrected chi connectivity index (χ2v) is 21.8. The van der Waals surface area contributed by atoms with Gasteiger partial charge < -0.3 is 60.6 Å². The summed E-state index contributed by atoms with van der Waals surface area (Å²) in [5.74, 6) is 0.360. The lowest BCUT2D eigenvalue weighted by Gasteiger charge is -2.41. The molecule has 19 nitrogen and oxygen atoms in total.